The number of thioether (sulfide) groups is 1. The molecule has 0 amide bonds. The monoisotopic (exact) mass is 289 g/mol. The zero-order valence-electron chi connectivity index (χ0n) is 10.3. The summed E-state index contributed by atoms with van der Waals surface area (Å²) in [6, 6.07) is 1.90. The summed E-state index contributed by atoms with van der Waals surface area (Å²) in [6.07, 6.45) is 2.80. The van der Waals surface area contributed by atoms with Gasteiger partial charge in [-0.3, -0.25) is 0 Å². The third kappa shape index (κ3) is 1.92. The van der Waals surface area contributed by atoms with E-state index in [4.69, 9.17) is 14.2 Å². The maximum atomic E-state index is 5.59. The minimum absolute atomic E-state index is 0.369. The van der Waals surface area contributed by atoms with Gasteiger partial charge in [0.25, 0.3) is 5.88 Å². The maximum Gasteiger partial charge on any atom is 0.277 e. The Hall–Kier alpha value is -2.09. The van der Waals surface area contributed by atoms with Gasteiger partial charge in [0.15, 0.2) is 5.75 Å². The van der Waals surface area contributed by atoms with Gasteiger partial charge in [0.1, 0.15) is 25.1 Å². The molecule has 0 N–H and O–H groups in total. The summed E-state index contributed by atoms with van der Waals surface area (Å²) < 4.78 is 16.4. The first kappa shape index (κ1) is 11.7. The highest BCUT2D eigenvalue weighted by atomic mass is 32.2. The Balaban J connectivity index is 1.81. The van der Waals surface area contributed by atoms with Crippen LogP contribution in [-0.2, 0) is 0 Å². The molecule has 8 heteroatoms. The van der Waals surface area contributed by atoms with Crippen LogP contribution in [0.15, 0.2) is 11.0 Å². The highest BCUT2D eigenvalue weighted by Gasteiger charge is 2.22. The molecule has 1 radical (unpaired) electrons. The zero-order chi connectivity index (χ0) is 13.4. The van der Waals surface area contributed by atoms with Crippen molar-refractivity contribution in [1.29, 1.82) is 0 Å². The second-order valence-corrected chi connectivity index (χ2v) is 5.25. The summed E-state index contributed by atoms with van der Waals surface area (Å²) in [5, 5.41) is 15.9. The molecule has 0 aromatic carbocycles. The second-order valence-electron chi connectivity index (χ2n) is 4.11. The number of hydrogen-bond donors (Lipinski definition) is 0. The van der Waals surface area contributed by atoms with Gasteiger partial charge in [-0.25, -0.2) is 0 Å². The zero-order valence-corrected chi connectivity index (χ0v) is 11.1. The van der Waals surface area contributed by atoms with Crippen molar-refractivity contribution in [2.24, 2.45) is 0 Å². The molecular weight excluding hydrogens is 280 g/mol. The summed E-state index contributed by atoms with van der Waals surface area (Å²) in [4.78, 5) is 0.956. The number of aromatic nitrogens is 4. The number of ether oxygens (including phenoxy) is 3. The van der Waals surface area contributed by atoms with Gasteiger partial charge in [-0.15, -0.1) is 32.2 Å². The van der Waals surface area contributed by atoms with Gasteiger partial charge in [0.2, 0.25) is 5.88 Å². The van der Waals surface area contributed by atoms with Crippen LogP contribution in [0.25, 0.3) is 11.3 Å². The summed E-state index contributed by atoms with van der Waals surface area (Å²) in [5.41, 5.74) is 1.23. The van der Waals surface area contributed by atoms with Crippen LogP contribution in [0.1, 0.15) is 0 Å². The molecule has 0 saturated carbocycles. The fraction of sp³-hybridized carbons (Fsp3) is 0.333. The van der Waals surface area contributed by atoms with Crippen LogP contribution in [0, 0.1) is 6.20 Å². The Morgan fingerprint density at radius 2 is 1.90 bits per heavy atom. The number of rotatable bonds is 1. The van der Waals surface area contributed by atoms with E-state index in [0.717, 1.165) is 10.6 Å². The van der Waals surface area contributed by atoms with E-state index in [9.17, 15) is 0 Å². The third-order valence-electron chi connectivity index (χ3n) is 2.86. The second kappa shape index (κ2) is 4.78. The maximum absolute atomic E-state index is 5.59. The number of hydrogen-bond acceptors (Lipinski definition) is 8. The van der Waals surface area contributed by atoms with E-state index >= 15 is 0 Å². The molecule has 0 bridgehead atoms. The quantitative estimate of drug-likeness (QED) is 0.769. The highest BCUT2D eigenvalue weighted by molar-refractivity contribution is 7.99. The first-order valence-corrected chi connectivity index (χ1v) is 7.08. The minimum atomic E-state index is 0.369. The van der Waals surface area contributed by atoms with Gasteiger partial charge in [0.05, 0.1) is 17.1 Å². The average molecular weight is 289 g/mol. The number of fused-ring (bicyclic) bond motifs is 2. The van der Waals surface area contributed by atoms with Crippen molar-refractivity contribution >= 4 is 11.8 Å². The van der Waals surface area contributed by atoms with Crippen LogP contribution < -0.4 is 14.2 Å². The summed E-state index contributed by atoms with van der Waals surface area (Å²) in [7, 11) is 0. The van der Waals surface area contributed by atoms with Gasteiger partial charge in [-0.1, -0.05) is 0 Å². The average Bonchev–Trinajstić information content (AvgIpc) is 2.54. The van der Waals surface area contributed by atoms with E-state index in [0.29, 0.717) is 48.6 Å². The molecule has 101 valence electrons. The molecule has 2 aliphatic heterocycles. The minimum Gasteiger partial charge on any atom is -0.484 e. The predicted molar refractivity (Wildman–Crippen MR) is 69.1 cm³/mol. The molecule has 4 rings (SSSR count). The van der Waals surface area contributed by atoms with Gasteiger partial charge < -0.3 is 14.2 Å². The fourth-order valence-corrected chi connectivity index (χ4v) is 2.79. The molecule has 0 saturated heterocycles. The van der Waals surface area contributed by atoms with E-state index in [-0.39, 0.29) is 0 Å². The lowest BCUT2D eigenvalue weighted by Crippen LogP contribution is -2.17. The Labute approximate surface area is 118 Å². The SMILES string of the molecule is [c]1nnc2c(c1-c1cc3c(nn1)OCCS3)OCCO2. The van der Waals surface area contributed by atoms with E-state index in [1.165, 1.54) is 0 Å². The van der Waals surface area contributed by atoms with E-state index in [1.807, 2.05) is 6.07 Å². The van der Waals surface area contributed by atoms with Crippen molar-refractivity contribution in [3.63, 3.8) is 0 Å². The summed E-state index contributed by atoms with van der Waals surface area (Å²) in [5.74, 6) is 2.35. The Kier molecular flexibility index (Phi) is 2.80. The van der Waals surface area contributed by atoms with Gasteiger partial charge in [-0.05, 0) is 6.07 Å². The molecule has 2 aromatic rings. The van der Waals surface area contributed by atoms with E-state index in [1.54, 1.807) is 11.8 Å². The van der Waals surface area contributed by atoms with Crippen LogP contribution in [0.2, 0.25) is 0 Å². The molecule has 0 unspecified atom stereocenters. The Morgan fingerprint density at radius 1 is 1.00 bits per heavy atom. The van der Waals surface area contributed by atoms with Crippen molar-refractivity contribution < 1.29 is 14.2 Å². The predicted octanol–water partition coefficient (Wildman–Crippen LogP) is 0.989. The summed E-state index contributed by atoms with van der Waals surface area (Å²) in [6.45, 7) is 1.58. The molecule has 2 aromatic heterocycles. The van der Waals surface area contributed by atoms with Gasteiger partial charge in [0, 0.05) is 5.75 Å². The van der Waals surface area contributed by atoms with Crippen molar-refractivity contribution in [1.82, 2.24) is 20.4 Å². The van der Waals surface area contributed by atoms with Crippen LogP contribution in [-0.4, -0.2) is 46.0 Å². The van der Waals surface area contributed by atoms with Crippen molar-refractivity contribution in [3.8, 4) is 28.8 Å². The van der Waals surface area contributed by atoms with Crippen LogP contribution >= 0.6 is 11.8 Å². The first-order valence-electron chi connectivity index (χ1n) is 6.09. The largest absolute Gasteiger partial charge is 0.484 e. The molecule has 0 spiro atoms. The van der Waals surface area contributed by atoms with Crippen molar-refractivity contribution in [3.05, 3.63) is 12.3 Å². The highest BCUT2D eigenvalue weighted by Crippen LogP contribution is 2.39. The fourth-order valence-electron chi connectivity index (χ4n) is 1.99. The van der Waals surface area contributed by atoms with E-state index < -0.39 is 0 Å². The van der Waals surface area contributed by atoms with Gasteiger partial charge in [-0.2, -0.15) is 0 Å². The third-order valence-corrected chi connectivity index (χ3v) is 3.83. The molecule has 20 heavy (non-hydrogen) atoms. The smallest absolute Gasteiger partial charge is 0.277 e. The van der Waals surface area contributed by atoms with E-state index in [2.05, 4.69) is 26.6 Å². The summed E-state index contributed by atoms with van der Waals surface area (Å²) >= 11 is 1.69. The molecule has 0 aliphatic carbocycles. The van der Waals surface area contributed by atoms with Crippen LogP contribution in [0.3, 0.4) is 0 Å². The Bertz CT molecular complexity index is 667. The molecule has 0 atom stereocenters. The van der Waals surface area contributed by atoms with Crippen molar-refractivity contribution in [2.45, 2.75) is 4.90 Å². The lowest BCUT2D eigenvalue weighted by Gasteiger charge is -2.19. The normalized spacial score (nSPS) is 16.2. The molecular formula is C12H9N4O3S. The topological polar surface area (TPSA) is 79.3 Å². The lowest BCUT2D eigenvalue weighted by molar-refractivity contribution is 0.163. The lowest BCUT2D eigenvalue weighted by atomic mass is 10.2. The number of nitrogens with zero attached hydrogens (tertiary/aromatic N) is 4. The molecule has 0 fully saturated rings. The molecule has 2 aliphatic rings. The molecule has 4 heterocycles. The molecule has 7 nitrogen and oxygen atoms in total. The van der Waals surface area contributed by atoms with Crippen LogP contribution in [0.5, 0.6) is 17.5 Å². The standard InChI is InChI=1S/C12H9N4O3S/c1-2-18-12-10(17-1)7(6-13-15-12)8-5-9-11(16-14-8)19-3-4-20-9/h5H,1-4H2. The Morgan fingerprint density at radius 3 is 2.90 bits per heavy atom. The van der Waals surface area contributed by atoms with Crippen molar-refractivity contribution in [2.75, 3.05) is 25.6 Å². The van der Waals surface area contributed by atoms with Gasteiger partial charge >= 0.3 is 0 Å². The first-order chi connectivity index (χ1) is 9.92. The van der Waals surface area contributed by atoms with Crippen LogP contribution in [0.4, 0.5) is 0 Å².